The molecule has 0 atom stereocenters. The summed E-state index contributed by atoms with van der Waals surface area (Å²) in [5.74, 6) is 2.27. The minimum absolute atomic E-state index is 0. The van der Waals surface area contributed by atoms with Crippen molar-refractivity contribution in [2.24, 2.45) is 0 Å². The van der Waals surface area contributed by atoms with Crippen molar-refractivity contribution in [1.82, 2.24) is 0 Å². The fraction of sp³-hybridized carbons (Fsp3) is 0.600. The molecule has 0 spiro atoms. The zero-order valence-electron chi connectivity index (χ0n) is 5.34. The SMILES string of the molecule is CC#COS(=O)(=O)CC.[NaH]. The van der Waals surface area contributed by atoms with Gasteiger partial charge in [-0.05, 0) is 6.92 Å². The van der Waals surface area contributed by atoms with Crippen LogP contribution in [0.2, 0.25) is 0 Å². The van der Waals surface area contributed by atoms with E-state index in [4.69, 9.17) is 0 Å². The Bertz CT molecular complexity index is 221. The van der Waals surface area contributed by atoms with Crippen molar-refractivity contribution in [2.75, 3.05) is 5.75 Å². The van der Waals surface area contributed by atoms with Gasteiger partial charge in [-0.25, -0.2) is 0 Å². The van der Waals surface area contributed by atoms with Crippen molar-refractivity contribution in [2.45, 2.75) is 13.8 Å². The van der Waals surface area contributed by atoms with Crippen LogP contribution in [0, 0.1) is 12.0 Å². The van der Waals surface area contributed by atoms with Crippen LogP contribution in [0.3, 0.4) is 0 Å². The molecule has 0 fully saturated rings. The second kappa shape index (κ2) is 6.05. The first kappa shape index (κ1) is 12.9. The first-order chi connectivity index (χ1) is 4.12. The Balaban J connectivity index is 0. The molecule has 0 aromatic carbocycles. The first-order valence-electron chi connectivity index (χ1n) is 2.45. The van der Waals surface area contributed by atoms with E-state index >= 15 is 0 Å². The Hall–Kier alpha value is 0.310. The van der Waals surface area contributed by atoms with Crippen LogP contribution in [0.4, 0.5) is 0 Å². The van der Waals surface area contributed by atoms with Crippen molar-refractivity contribution in [3.05, 3.63) is 0 Å². The van der Waals surface area contributed by atoms with E-state index in [1.165, 1.54) is 13.8 Å². The van der Waals surface area contributed by atoms with E-state index in [-0.39, 0.29) is 35.3 Å². The standard InChI is InChI=1S/C5H8O3S.Na.H/c1-3-5-8-9(6,7)4-2;;/h4H2,1-2H3;;. The maximum absolute atomic E-state index is 10.4. The Morgan fingerprint density at radius 3 is 2.30 bits per heavy atom. The molecular weight excluding hydrogens is 163 g/mol. The Labute approximate surface area is 83.6 Å². The molecule has 0 bridgehead atoms. The van der Waals surface area contributed by atoms with E-state index in [1.54, 1.807) is 0 Å². The summed E-state index contributed by atoms with van der Waals surface area (Å²) >= 11 is 0. The monoisotopic (exact) mass is 172 g/mol. The van der Waals surface area contributed by atoms with Gasteiger partial charge in [-0.2, -0.15) is 8.42 Å². The molecule has 0 saturated heterocycles. The molecule has 0 aromatic heterocycles. The van der Waals surface area contributed by atoms with Crippen molar-refractivity contribution in [3.63, 3.8) is 0 Å². The molecule has 0 amide bonds. The predicted octanol–water partition coefficient (Wildman–Crippen LogP) is -0.315. The third kappa shape index (κ3) is 6.43. The average molecular weight is 172 g/mol. The van der Waals surface area contributed by atoms with Crippen LogP contribution >= 0.6 is 0 Å². The molecule has 0 aliphatic carbocycles. The van der Waals surface area contributed by atoms with Gasteiger partial charge in [0.25, 0.3) is 0 Å². The Morgan fingerprint density at radius 2 is 2.00 bits per heavy atom. The fourth-order valence-corrected chi connectivity index (χ4v) is 0.492. The van der Waals surface area contributed by atoms with Gasteiger partial charge in [-0.15, -0.1) is 0 Å². The quantitative estimate of drug-likeness (QED) is 0.326. The van der Waals surface area contributed by atoms with Gasteiger partial charge in [0, 0.05) is 6.92 Å². The van der Waals surface area contributed by atoms with Gasteiger partial charge in [-0.1, -0.05) is 5.92 Å². The summed E-state index contributed by atoms with van der Waals surface area (Å²) in [5, 5.41) is 0. The zero-order chi connectivity index (χ0) is 7.33. The molecule has 0 aliphatic rings. The van der Waals surface area contributed by atoms with Crippen LogP contribution in [0.1, 0.15) is 13.8 Å². The summed E-state index contributed by atoms with van der Waals surface area (Å²) in [6.07, 6.45) is 2.00. The second-order valence-electron chi connectivity index (χ2n) is 1.28. The molecule has 0 radical (unpaired) electrons. The summed E-state index contributed by atoms with van der Waals surface area (Å²) in [6.45, 7) is 3.00. The minimum atomic E-state index is -3.36. The molecule has 3 nitrogen and oxygen atoms in total. The van der Waals surface area contributed by atoms with Crippen LogP contribution in [0.15, 0.2) is 0 Å². The maximum atomic E-state index is 10.4. The van der Waals surface area contributed by atoms with Gasteiger partial charge in [0.1, 0.15) is 6.11 Å². The van der Waals surface area contributed by atoms with E-state index in [0.29, 0.717) is 0 Å². The average Bonchev–Trinajstić information content (AvgIpc) is 1.84. The van der Waals surface area contributed by atoms with Crippen molar-refractivity contribution in [3.8, 4) is 12.0 Å². The van der Waals surface area contributed by atoms with Gasteiger partial charge in [-0.3, -0.25) is 0 Å². The number of rotatable bonds is 2. The Morgan fingerprint density at radius 1 is 1.50 bits per heavy atom. The third-order valence-electron chi connectivity index (χ3n) is 0.624. The first-order valence-corrected chi connectivity index (χ1v) is 4.03. The van der Waals surface area contributed by atoms with E-state index in [1.807, 2.05) is 6.11 Å². The van der Waals surface area contributed by atoms with Crippen LogP contribution in [-0.2, 0) is 14.3 Å². The van der Waals surface area contributed by atoms with E-state index in [9.17, 15) is 8.42 Å². The topological polar surface area (TPSA) is 43.4 Å². The van der Waals surface area contributed by atoms with E-state index in [2.05, 4.69) is 10.1 Å². The molecule has 54 valence electrons. The summed E-state index contributed by atoms with van der Waals surface area (Å²) in [5.41, 5.74) is 0. The number of hydrogen-bond acceptors (Lipinski definition) is 3. The van der Waals surface area contributed by atoms with E-state index in [0.717, 1.165) is 0 Å². The molecule has 5 heteroatoms. The fourth-order valence-electron chi connectivity index (χ4n) is 0.164. The summed E-state index contributed by atoms with van der Waals surface area (Å²) < 4.78 is 25.0. The van der Waals surface area contributed by atoms with Gasteiger partial charge < -0.3 is 4.18 Å². The van der Waals surface area contributed by atoms with Crippen molar-refractivity contribution >= 4 is 39.7 Å². The molecule has 0 unspecified atom stereocenters. The molecule has 0 aromatic rings. The van der Waals surface area contributed by atoms with Crippen molar-refractivity contribution < 1.29 is 12.6 Å². The summed E-state index contributed by atoms with van der Waals surface area (Å²) in [7, 11) is -3.36. The van der Waals surface area contributed by atoms with Crippen LogP contribution < -0.4 is 0 Å². The van der Waals surface area contributed by atoms with Gasteiger partial charge in [0.15, 0.2) is 0 Å². The van der Waals surface area contributed by atoms with Gasteiger partial charge >= 0.3 is 39.7 Å². The molecular formula is C5H9NaO3S. The molecule has 0 N–H and O–H groups in total. The van der Waals surface area contributed by atoms with Crippen LogP contribution in [-0.4, -0.2) is 43.7 Å². The number of hydrogen-bond donors (Lipinski definition) is 0. The van der Waals surface area contributed by atoms with E-state index < -0.39 is 10.1 Å². The molecule has 0 aliphatic heterocycles. The molecule has 0 rings (SSSR count). The predicted molar refractivity (Wildman–Crippen MR) is 41.1 cm³/mol. The molecule has 10 heavy (non-hydrogen) atoms. The normalized spacial score (nSPS) is 8.60. The van der Waals surface area contributed by atoms with Crippen molar-refractivity contribution in [1.29, 1.82) is 0 Å². The Kier molecular flexibility index (Phi) is 7.83. The third-order valence-corrected chi connectivity index (χ3v) is 1.67. The molecule has 0 saturated carbocycles. The van der Waals surface area contributed by atoms with Gasteiger partial charge in [0.05, 0.1) is 5.75 Å². The summed E-state index contributed by atoms with van der Waals surface area (Å²) in [6, 6.07) is 0. The second-order valence-corrected chi connectivity index (χ2v) is 3.14. The molecule has 0 heterocycles. The van der Waals surface area contributed by atoms with Crippen LogP contribution in [0.25, 0.3) is 0 Å². The van der Waals surface area contributed by atoms with Crippen LogP contribution in [0.5, 0.6) is 0 Å². The zero-order valence-corrected chi connectivity index (χ0v) is 6.16. The summed E-state index contributed by atoms with van der Waals surface area (Å²) in [4.78, 5) is 0. The van der Waals surface area contributed by atoms with Gasteiger partial charge in [0.2, 0.25) is 0 Å².